The maximum atomic E-state index is 10.6. The first-order chi connectivity index (χ1) is 7.09. The van der Waals surface area contributed by atoms with Crippen molar-refractivity contribution >= 4 is 11.8 Å². The molecule has 1 aromatic carbocycles. The zero-order valence-corrected chi connectivity index (χ0v) is 8.76. The lowest BCUT2D eigenvalue weighted by Gasteiger charge is -2.12. The summed E-state index contributed by atoms with van der Waals surface area (Å²) in [6.45, 7) is 4.48. The van der Waals surface area contributed by atoms with E-state index in [2.05, 4.69) is 5.32 Å². The summed E-state index contributed by atoms with van der Waals surface area (Å²) in [5.41, 5.74) is 3.68. The number of anilines is 1. The first kappa shape index (κ1) is 9.83. The van der Waals surface area contributed by atoms with Crippen molar-refractivity contribution in [3.63, 3.8) is 0 Å². The van der Waals surface area contributed by atoms with Crippen molar-refractivity contribution in [3.05, 3.63) is 22.8 Å². The van der Waals surface area contributed by atoms with E-state index in [1.807, 2.05) is 19.9 Å². The topological polar surface area (TPSA) is 58.6 Å². The minimum atomic E-state index is -1.03. The minimum absolute atomic E-state index is 0.687. The number of carboxylic acid groups (broad SMARTS) is 1. The van der Waals surface area contributed by atoms with E-state index in [9.17, 15) is 4.79 Å². The molecule has 4 heteroatoms. The van der Waals surface area contributed by atoms with E-state index in [1.54, 1.807) is 0 Å². The van der Waals surface area contributed by atoms with Gasteiger partial charge in [-0.25, -0.2) is 4.79 Å². The van der Waals surface area contributed by atoms with Crippen LogP contribution in [0.4, 0.5) is 10.5 Å². The molecule has 2 rings (SSSR count). The van der Waals surface area contributed by atoms with E-state index >= 15 is 0 Å². The fraction of sp³-hybridized carbons (Fsp3) is 0.364. The average Bonchev–Trinajstić information content (AvgIpc) is 2.59. The van der Waals surface area contributed by atoms with Crippen LogP contribution in [-0.2, 0) is 6.42 Å². The molecule has 0 aromatic heterocycles. The maximum absolute atomic E-state index is 10.6. The molecule has 0 saturated carbocycles. The van der Waals surface area contributed by atoms with Crippen LogP contribution >= 0.6 is 0 Å². The van der Waals surface area contributed by atoms with Crippen molar-refractivity contribution in [1.82, 2.24) is 0 Å². The van der Waals surface area contributed by atoms with Gasteiger partial charge in [0.05, 0.1) is 12.3 Å². The third-order valence-corrected chi connectivity index (χ3v) is 2.71. The van der Waals surface area contributed by atoms with Crippen LogP contribution in [-0.4, -0.2) is 17.8 Å². The molecule has 0 bridgehead atoms. The van der Waals surface area contributed by atoms with E-state index < -0.39 is 6.09 Å². The van der Waals surface area contributed by atoms with E-state index in [0.717, 1.165) is 28.9 Å². The Labute approximate surface area is 87.9 Å². The van der Waals surface area contributed by atoms with Gasteiger partial charge in [-0.2, -0.15) is 0 Å². The standard InChI is InChI=1S/C11H13NO3/c1-6-5-9-8(3-4-15-9)7(2)10(6)12-11(13)14/h5,12H,3-4H2,1-2H3,(H,13,14). The Bertz CT molecular complexity index is 426. The second kappa shape index (κ2) is 3.46. The second-order valence-electron chi connectivity index (χ2n) is 3.70. The smallest absolute Gasteiger partial charge is 0.409 e. The van der Waals surface area contributed by atoms with Gasteiger partial charge in [0.2, 0.25) is 0 Å². The lowest BCUT2D eigenvalue weighted by atomic mass is 10.0. The van der Waals surface area contributed by atoms with Crippen molar-refractivity contribution in [3.8, 4) is 5.75 Å². The van der Waals surface area contributed by atoms with Crippen molar-refractivity contribution in [1.29, 1.82) is 0 Å². The summed E-state index contributed by atoms with van der Waals surface area (Å²) in [6, 6.07) is 1.89. The van der Waals surface area contributed by atoms with E-state index in [-0.39, 0.29) is 0 Å². The quantitative estimate of drug-likeness (QED) is 0.743. The average molecular weight is 207 g/mol. The zero-order chi connectivity index (χ0) is 11.0. The van der Waals surface area contributed by atoms with Gasteiger partial charge < -0.3 is 9.84 Å². The molecule has 1 aromatic rings. The summed E-state index contributed by atoms with van der Waals surface area (Å²) < 4.78 is 5.44. The molecule has 0 atom stereocenters. The van der Waals surface area contributed by atoms with Gasteiger partial charge in [0.25, 0.3) is 0 Å². The number of fused-ring (bicyclic) bond motifs is 1. The molecule has 0 unspecified atom stereocenters. The molecule has 0 spiro atoms. The number of hydrogen-bond acceptors (Lipinski definition) is 2. The molecule has 0 radical (unpaired) electrons. The first-order valence-corrected chi connectivity index (χ1v) is 4.85. The monoisotopic (exact) mass is 207 g/mol. The van der Waals surface area contributed by atoms with Crippen LogP contribution in [0.3, 0.4) is 0 Å². The fourth-order valence-corrected chi connectivity index (χ4v) is 1.99. The maximum Gasteiger partial charge on any atom is 0.409 e. The number of amides is 1. The number of benzene rings is 1. The molecule has 1 aliphatic heterocycles. The van der Waals surface area contributed by atoms with Crippen molar-refractivity contribution in [2.45, 2.75) is 20.3 Å². The Balaban J connectivity index is 2.51. The highest BCUT2D eigenvalue weighted by molar-refractivity contribution is 5.86. The predicted molar refractivity (Wildman–Crippen MR) is 56.8 cm³/mol. The molecule has 1 heterocycles. The van der Waals surface area contributed by atoms with Crippen molar-refractivity contribution in [2.75, 3.05) is 11.9 Å². The number of carbonyl (C=O) groups is 1. The summed E-state index contributed by atoms with van der Waals surface area (Å²) in [5, 5.41) is 11.2. The Kier molecular flexibility index (Phi) is 2.26. The highest BCUT2D eigenvalue weighted by Crippen LogP contribution is 2.35. The van der Waals surface area contributed by atoms with E-state index in [4.69, 9.17) is 9.84 Å². The summed E-state index contributed by atoms with van der Waals surface area (Å²) in [7, 11) is 0. The summed E-state index contributed by atoms with van der Waals surface area (Å²) >= 11 is 0. The highest BCUT2D eigenvalue weighted by atomic mass is 16.5. The van der Waals surface area contributed by atoms with Crippen LogP contribution in [0.5, 0.6) is 5.75 Å². The number of aryl methyl sites for hydroxylation is 1. The number of rotatable bonds is 1. The largest absolute Gasteiger partial charge is 0.493 e. The van der Waals surface area contributed by atoms with Crippen LogP contribution in [0, 0.1) is 13.8 Å². The van der Waals surface area contributed by atoms with Gasteiger partial charge in [0.15, 0.2) is 0 Å². The Morgan fingerprint density at radius 2 is 2.27 bits per heavy atom. The van der Waals surface area contributed by atoms with Gasteiger partial charge in [0.1, 0.15) is 5.75 Å². The van der Waals surface area contributed by atoms with Gasteiger partial charge in [-0.1, -0.05) is 0 Å². The van der Waals surface area contributed by atoms with E-state index in [0.29, 0.717) is 12.3 Å². The lowest BCUT2D eigenvalue weighted by molar-refractivity contribution is 0.209. The molecule has 4 nitrogen and oxygen atoms in total. The first-order valence-electron chi connectivity index (χ1n) is 4.85. The lowest BCUT2D eigenvalue weighted by Crippen LogP contribution is -2.10. The minimum Gasteiger partial charge on any atom is -0.493 e. The molecular weight excluding hydrogens is 194 g/mol. The second-order valence-corrected chi connectivity index (χ2v) is 3.70. The Hall–Kier alpha value is -1.71. The van der Waals surface area contributed by atoms with Crippen LogP contribution in [0.1, 0.15) is 16.7 Å². The van der Waals surface area contributed by atoms with Crippen LogP contribution < -0.4 is 10.1 Å². The summed E-state index contributed by atoms with van der Waals surface area (Å²) in [4.78, 5) is 10.6. The number of ether oxygens (including phenoxy) is 1. The van der Waals surface area contributed by atoms with Gasteiger partial charge >= 0.3 is 6.09 Å². The van der Waals surface area contributed by atoms with Crippen molar-refractivity contribution in [2.24, 2.45) is 0 Å². The SMILES string of the molecule is Cc1cc2c(c(C)c1NC(=O)O)CCO2. The third-order valence-electron chi connectivity index (χ3n) is 2.71. The molecule has 0 saturated heterocycles. The van der Waals surface area contributed by atoms with Gasteiger partial charge in [-0.15, -0.1) is 0 Å². The van der Waals surface area contributed by atoms with Gasteiger partial charge in [-0.05, 0) is 31.0 Å². The van der Waals surface area contributed by atoms with E-state index in [1.165, 1.54) is 0 Å². The third kappa shape index (κ3) is 1.63. The van der Waals surface area contributed by atoms with Gasteiger partial charge in [0, 0.05) is 12.0 Å². The molecule has 15 heavy (non-hydrogen) atoms. The Morgan fingerprint density at radius 3 is 2.93 bits per heavy atom. The molecule has 0 aliphatic carbocycles. The molecule has 2 N–H and O–H groups in total. The molecular formula is C11H13NO3. The molecule has 1 amide bonds. The predicted octanol–water partition coefficient (Wildman–Crippen LogP) is 2.33. The normalized spacial score (nSPS) is 13.2. The van der Waals surface area contributed by atoms with Crippen LogP contribution in [0.2, 0.25) is 0 Å². The fourth-order valence-electron chi connectivity index (χ4n) is 1.99. The number of nitrogens with one attached hydrogen (secondary N) is 1. The van der Waals surface area contributed by atoms with Crippen LogP contribution in [0.25, 0.3) is 0 Å². The highest BCUT2D eigenvalue weighted by Gasteiger charge is 2.19. The molecule has 80 valence electrons. The Morgan fingerprint density at radius 1 is 1.53 bits per heavy atom. The van der Waals surface area contributed by atoms with Crippen molar-refractivity contribution < 1.29 is 14.6 Å². The zero-order valence-electron chi connectivity index (χ0n) is 8.76. The van der Waals surface area contributed by atoms with Crippen LogP contribution in [0.15, 0.2) is 6.07 Å². The molecule has 0 fully saturated rings. The van der Waals surface area contributed by atoms with Gasteiger partial charge in [-0.3, -0.25) is 5.32 Å². The summed E-state index contributed by atoms with van der Waals surface area (Å²) in [5.74, 6) is 0.890. The number of hydrogen-bond donors (Lipinski definition) is 2. The summed E-state index contributed by atoms with van der Waals surface area (Å²) in [6.07, 6.45) is -0.171. The molecule has 1 aliphatic rings.